The topological polar surface area (TPSA) is 81.5 Å². The van der Waals surface area contributed by atoms with Gasteiger partial charge in [-0.3, -0.25) is 14.9 Å². The molecule has 6 nitrogen and oxygen atoms in total. The van der Waals surface area contributed by atoms with Gasteiger partial charge in [0.25, 0.3) is 5.91 Å². The molecule has 0 heterocycles. The fourth-order valence-electron chi connectivity index (χ4n) is 2.09. The summed E-state index contributed by atoms with van der Waals surface area (Å²) < 4.78 is 5.24. The highest BCUT2D eigenvalue weighted by molar-refractivity contribution is 5.77. The number of nitro groups is 1. The lowest BCUT2D eigenvalue weighted by Gasteiger charge is -2.13. The van der Waals surface area contributed by atoms with E-state index < -0.39 is 4.92 Å². The van der Waals surface area contributed by atoms with Crippen molar-refractivity contribution in [2.45, 2.75) is 12.8 Å². The van der Waals surface area contributed by atoms with Gasteiger partial charge in [-0.05, 0) is 17.5 Å². The lowest BCUT2D eigenvalue weighted by atomic mass is 10.0. The van der Waals surface area contributed by atoms with E-state index in [2.05, 4.69) is 5.32 Å². The zero-order valence-electron chi connectivity index (χ0n) is 12.8. The molecule has 6 heteroatoms. The van der Waals surface area contributed by atoms with Gasteiger partial charge in [0, 0.05) is 12.6 Å². The molecule has 0 aliphatic carbocycles. The van der Waals surface area contributed by atoms with E-state index in [4.69, 9.17) is 4.74 Å². The molecular formula is C17H18N2O4. The van der Waals surface area contributed by atoms with Crippen molar-refractivity contribution in [3.8, 4) is 5.75 Å². The summed E-state index contributed by atoms with van der Waals surface area (Å²) in [4.78, 5) is 22.2. The molecule has 2 aromatic rings. The minimum atomic E-state index is -0.537. The first-order chi connectivity index (χ1) is 11.1. The maximum Gasteiger partial charge on any atom is 0.310 e. The number of para-hydroxylation sites is 2. The summed E-state index contributed by atoms with van der Waals surface area (Å²) in [5, 5.41) is 13.6. The lowest BCUT2D eigenvalue weighted by molar-refractivity contribution is -0.385. The van der Waals surface area contributed by atoms with Gasteiger partial charge in [-0.2, -0.15) is 0 Å². The fourth-order valence-corrected chi connectivity index (χ4v) is 2.09. The number of hydrogen-bond acceptors (Lipinski definition) is 4. The number of carbonyl (C=O) groups is 1. The van der Waals surface area contributed by atoms with Gasteiger partial charge in [0.2, 0.25) is 0 Å². The average Bonchev–Trinajstić information content (AvgIpc) is 2.58. The smallest absolute Gasteiger partial charge is 0.310 e. The van der Waals surface area contributed by atoms with Crippen molar-refractivity contribution >= 4 is 11.6 Å². The van der Waals surface area contributed by atoms with E-state index in [1.807, 2.05) is 37.3 Å². The summed E-state index contributed by atoms with van der Waals surface area (Å²) in [7, 11) is 0. The molecule has 0 unspecified atom stereocenters. The van der Waals surface area contributed by atoms with Crippen LogP contribution in [-0.2, 0) is 4.79 Å². The number of rotatable bonds is 7. The number of benzene rings is 2. The molecule has 0 fully saturated rings. The Morgan fingerprint density at radius 1 is 1.17 bits per heavy atom. The van der Waals surface area contributed by atoms with E-state index in [1.165, 1.54) is 12.1 Å². The van der Waals surface area contributed by atoms with E-state index in [9.17, 15) is 14.9 Å². The summed E-state index contributed by atoms with van der Waals surface area (Å²) in [5.41, 5.74) is 0.977. The van der Waals surface area contributed by atoms with E-state index >= 15 is 0 Å². The maximum absolute atomic E-state index is 11.8. The van der Waals surface area contributed by atoms with Crippen LogP contribution in [0.15, 0.2) is 54.6 Å². The second kappa shape index (κ2) is 7.93. The Morgan fingerprint density at radius 3 is 2.52 bits per heavy atom. The van der Waals surface area contributed by atoms with Crippen LogP contribution in [0.25, 0.3) is 0 Å². The normalized spacial score (nSPS) is 11.5. The number of amides is 1. The van der Waals surface area contributed by atoms with Crippen LogP contribution < -0.4 is 10.1 Å². The summed E-state index contributed by atoms with van der Waals surface area (Å²) in [6, 6.07) is 15.8. The maximum atomic E-state index is 11.8. The largest absolute Gasteiger partial charge is 0.477 e. The molecule has 0 bridgehead atoms. The van der Waals surface area contributed by atoms with Crippen molar-refractivity contribution in [3.05, 3.63) is 70.3 Å². The number of hydrogen-bond donors (Lipinski definition) is 1. The SMILES string of the molecule is C[C@@H](CNC(=O)COc1ccccc1[N+](=O)[O-])c1ccccc1. The minimum Gasteiger partial charge on any atom is -0.477 e. The van der Waals surface area contributed by atoms with E-state index in [-0.39, 0.29) is 29.9 Å². The first-order valence-electron chi connectivity index (χ1n) is 7.26. The Hall–Kier alpha value is -2.89. The van der Waals surface area contributed by atoms with Crippen LogP contribution in [0.2, 0.25) is 0 Å². The van der Waals surface area contributed by atoms with Crippen LogP contribution in [0.3, 0.4) is 0 Å². The Morgan fingerprint density at radius 2 is 1.83 bits per heavy atom. The van der Waals surface area contributed by atoms with Crippen molar-refractivity contribution in [1.29, 1.82) is 0 Å². The highest BCUT2D eigenvalue weighted by Crippen LogP contribution is 2.25. The molecule has 23 heavy (non-hydrogen) atoms. The van der Waals surface area contributed by atoms with Crippen LogP contribution in [0.5, 0.6) is 5.75 Å². The molecule has 1 N–H and O–H groups in total. The molecule has 1 atom stereocenters. The number of nitro benzene ring substituents is 1. The van der Waals surface area contributed by atoms with Crippen LogP contribution in [0.4, 0.5) is 5.69 Å². The van der Waals surface area contributed by atoms with Crippen LogP contribution in [0, 0.1) is 10.1 Å². The molecule has 0 spiro atoms. The predicted molar refractivity (Wildman–Crippen MR) is 86.5 cm³/mol. The number of carbonyl (C=O) groups excluding carboxylic acids is 1. The van der Waals surface area contributed by atoms with Gasteiger partial charge in [-0.25, -0.2) is 0 Å². The van der Waals surface area contributed by atoms with Crippen molar-refractivity contribution < 1.29 is 14.5 Å². The fraction of sp³-hybridized carbons (Fsp3) is 0.235. The third-order valence-corrected chi connectivity index (χ3v) is 3.39. The zero-order chi connectivity index (χ0) is 16.7. The Balaban J connectivity index is 1.83. The van der Waals surface area contributed by atoms with Gasteiger partial charge in [0.15, 0.2) is 12.4 Å². The van der Waals surface area contributed by atoms with E-state index in [1.54, 1.807) is 12.1 Å². The molecule has 0 aliphatic heterocycles. The van der Waals surface area contributed by atoms with Gasteiger partial charge in [0.05, 0.1) is 4.92 Å². The Kier molecular flexibility index (Phi) is 5.68. The first-order valence-corrected chi connectivity index (χ1v) is 7.26. The number of ether oxygens (including phenoxy) is 1. The summed E-state index contributed by atoms with van der Waals surface area (Å²) >= 11 is 0. The first kappa shape index (κ1) is 16.5. The van der Waals surface area contributed by atoms with Gasteiger partial charge < -0.3 is 10.1 Å². The van der Waals surface area contributed by atoms with E-state index in [0.717, 1.165) is 5.56 Å². The van der Waals surface area contributed by atoms with Gasteiger partial charge in [-0.15, -0.1) is 0 Å². The number of nitrogens with zero attached hydrogens (tertiary/aromatic N) is 1. The monoisotopic (exact) mass is 314 g/mol. The van der Waals surface area contributed by atoms with Crippen LogP contribution >= 0.6 is 0 Å². The van der Waals surface area contributed by atoms with Crippen molar-refractivity contribution in [3.63, 3.8) is 0 Å². The minimum absolute atomic E-state index is 0.0868. The molecule has 0 aliphatic rings. The molecule has 2 rings (SSSR count). The van der Waals surface area contributed by atoms with E-state index in [0.29, 0.717) is 6.54 Å². The van der Waals surface area contributed by atoms with Crippen LogP contribution in [-0.4, -0.2) is 24.0 Å². The second-order valence-corrected chi connectivity index (χ2v) is 5.13. The van der Waals surface area contributed by atoms with Crippen molar-refractivity contribution in [1.82, 2.24) is 5.32 Å². The molecule has 1 amide bonds. The highest BCUT2D eigenvalue weighted by atomic mass is 16.6. The quantitative estimate of drug-likeness (QED) is 0.629. The molecule has 2 aromatic carbocycles. The Labute approximate surface area is 134 Å². The molecule has 0 saturated heterocycles. The molecule has 0 aromatic heterocycles. The second-order valence-electron chi connectivity index (χ2n) is 5.13. The lowest BCUT2D eigenvalue weighted by Crippen LogP contribution is -2.31. The molecule has 0 saturated carbocycles. The molecular weight excluding hydrogens is 296 g/mol. The average molecular weight is 314 g/mol. The third-order valence-electron chi connectivity index (χ3n) is 3.39. The molecule has 120 valence electrons. The molecule has 0 radical (unpaired) electrons. The highest BCUT2D eigenvalue weighted by Gasteiger charge is 2.15. The van der Waals surface area contributed by atoms with Gasteiger partial charge >= 0.3 is 5.69 Å². The van der Waals surface area contributed by atoms with Crippen molar-refractivity contribution in [2.75, 3.05) is 13.2 Å². The summed E-state index contributed by atoms with van der Waals surface area (Å²) in [6.45, 7) is 2.23. The summed E-state index contributed by atoms with van der Waals surface area (Å²) in [5.74, 6) is -0.0547. The van der Waals surface area contributed by atoms with Gasteiger partial charge in [-0.1, -0.05) is 49.4 Å². The zero-order valence-corrected chi connectivity index (χ0v) is 12.8. The Bertz CT molecular complexity index is 673. The number of nitrogens with one attached hydrogen (secondary N) is 1. The third kappa shape index (κ3) is 4.81. The van der Waals surface area contributed by atoms with Crippen LogP contribution in [0.1, 0.15) is 18.4 Å². The predicted octanol–water partition coefficient (Wildman–Crippen LogP) is 2.89. The van der Waals surface area contributed by atoms with Gasteiger partial charge in [0.1, 0.15) is 0 Å². The summed E-state index contributed by atoms with van der Waals surface area (Å²) in [6.07, 6.45) is 0. The van der Waals surface area contributed by atoms with Crippen molar-refractivity contribution in [2.24, 2.45) is 0 Å². The standard InChI is InChI=1S/C17H18N2O4/c1-13(14-7-3-2-4-8-14)11-18-17(20)12-23-16-10-6-5-9-15(16)19(21)22/h2-10,13H,11-12H2,1H3,(H,18,20)/t13-/m0/s1.